The van der Waals surface area contributed by atoms with Crippen LogP contribution in [0.3, 0.4) is 0 Å². The van der Waals surface area contributed by atoms with Crippen molar-refractivity contribution in [2.75, 3.05) is 57.6 Å². The number of nitro groups is 1. The van der Waals surface area contributed by atoms with E-state index in [1.807, 2.05) is 29.0 Å². The Hall–Kier alpha value is -4.76. The second-order valence-corrected chi connectivity index (χ2v) is 14.3. The van der Waals surface area contributed by atoms with Gasteiger partial charge < -0.3 is 14.8 Å². The zero-order chi connectivity index (χ0) is 35.5. The summed E-state index contributed by atoms with van der Waals surface area (Å²) in [6.45, 7) is 4.78. The zero-order valence-electron chi connectivity index (χ0n) is 27.5. The minimum atomic E-state index is -4.44. The minimum Gasteiger partial charge on any atom is -0.496 e. The second-order valence-electron chi connectivity index (χ2n) is 11.5. The molecule has 14 heteroatoms. The maximum absolute atomic E-state index is 13.1. The number of anilines is 1. The molecule has 1 saturated heterocycles. The van der Waals surface area contributed by atoms with E-state index in [2.05, 4.69) is 16.3 Å². The van der Waals surface area contributed by atoms with Crippen LogP contribution in [0.15, 0.2) is 94.7 Å². The molecule has 0 bridgehead atoms. The highest BCUT2D eigenvalue weighted by atomic mass is 32.2. The summed E-state index contributed by atoms with van der Waals surface area (Å²) in [5, 5.41) is 14.8. The minimum absolute atomic E-state index is 0.0949. The molecule has 5 rings (SSSR count). The van der Waals surface area contributed by atoms with Gasteiger partial charge in [-0.05, 0) is 66.9 Å². The number of rotatable bonds is 16. The molecule has 2 N–H and O–H groups in total. The normalized spacial score (nSPS) is 13.4. The number of hydrogen-bond acceptors (Lipinski definition) is 11. The monoisotopic (exact) mass is 718 g/mol. The molecule has 1 aliphatic heterocycles. The number of methoxy groups -OCH3 is 1. The fourth-order valence-corrected chi connectivity index (χ4v) is 7.41. The van der Waals surface area contributed by atoms with Crippen molar-refractivity contribution in [3.63, 3.8) is 0 Å². The van der Waals surface area contributed by atoms with Crippen LogP contribution in [-0.4, -0.2) is 82.7 Å². The lowest BCUT2D eigenvalue weighted by Crippen LogP contribution is -2.36. The number of thioether (sulfide) groups is 1. The Balaban J connectivity index is 1.19. The van der Waals surface area contributed by atoms with Gasteiger partial charge >= 0.3 is 0 Å². The van der Waals surface area contributed by atoms with Gasteiger partial charge in [-0.15, -0.1) is 11.8 Å². The number of aldehydes is 1. The number of hydrogen-bond donors (Lipinski definition) is 2. The molecule has 0 spiro atoms. The van der Waals surface area contributed by atoms with Crippen molar-refractivity contribution in [1.29, 1.82) is 0 Å². The van der Waals surface area contributed by atoms with Gasteiger partial charge in [-0.2, -0.15) is 0 Å². The predicted octanol–water partition coefficient (Wildman–Crippen LogP) is 5.67. The quantitative estimate of drug-likeness (QED) is 0.0484. The molecule has 0 saturated carbocycles. The molecule has 1 heterocycles. The van der Waals surface area contributed by atoms with E-state index in [4.69, 9.17) is 9.47 Å². The summed E-state index contributed by atoms with van der Waals surface area (Å²) in [7, 11) is -2.84. The molecule has 1 fully saturated rings. The highest BCUT2D eigenvalue weighted by Gasteiger charge is 2.24. The SMILES string of the molecule is COc1cc(CCCN2CCOCC2)ccc1-c1ccc(C(=O)NS(=O)(=O)c2ccc(NCCSc3ccccc3C=O)c([N+](=O)[O-])c2)cc1. The van der Waals surface area contributed by atoms with Crippen molar-refractivity contribution in [2.24, 2.45) is 0 Å². The fraction of sp³-hybridized carbons (Fsp3) is 0.278. The predicted molar refractivity (Wildman–Crippen MR) is 193 cm³/mol. The van der Waals surface area contributed by atoms with Crippen molar-refractivity contribution < 1.29 is 32.4 Å². The first-order valence-corrected chi connectivity index (χ1v) is 18.5. The van der Waals surface area contributed by atoms with E-state index in [-0.39, 0.29) is 11.3 Å². The largest absolute Gasteiger partial charge is 0.496 e. The molecule has 1 amide bonds. The maximum atomic E-state index is 13.1. The van der Waals surface area contributed by atoms with Crippen molar-refractivity contribution in [3.05, 3.63) is 112 Å². The molecular weight excluding hydrogens is 681 g/mol. The first kappa shape index (κ1) is 36.5. The van der Waals surface area contributed by atoms with Gasteiger partial charge in [0.15, 0.2) is 6.29 Å². The van der Waals surface area contributed by atoms with E-state index in [1.165, 1.54) is 36.0 Å². The summed E-state index contributed by atoms with van der Waals surface area (Å²) in [6, 6.07) is 23.0. The lowest BCUT2D eigenvalue weighted by molar-refractivity contribution is -0.384. The molecule has 12 nitrogen and oxygen atoms in total. The number of nitrogens with zero attached hydrogens (tertiary/aromatic N) is 2. The number of aryl methyl sites for hydroxylation is 1. The van der Waals surface area contributed by atoms with Crippen molar-refractivity contribution in [2.45, 2.75) is 22.6 Å². The third-order valence-electron chi connectivity index (χ3n) is 8.19. The van der Waals surface area contributed by atoms with Crippen LogP contribution >= 0.6 is 11.8 Å². The van der Waals surface area contributed by atoms with Crippen molar-refractivity contribution in [1.82, 2.24) is 9.62 Å². The molecule has 0 aliphatic carbocycles. The summed E-state index contributed by atoms with van der Waals surface area (Å²) in [4.78, 5) is 38.1. The number of sulfonamides is 1. The number of benzene rings is 4. The van der Waals surface area contributed by atoms with Gasteiger partial charge in [-0.3, -0.25) is 24.6 Å². The summed E-state index contributed by atoms with van der Waals surface area (Å²) in [5.74, 6) is 0.303. The van der Waals surface area contributed by atoms with Crippen LogP contribution in [0.25, 0.3) is 11.1 Å². The van der Waals surface area contributed by atoms with Gasteiger partial charge in [0.2, 0.25) is 0 Å². The Morgan fingerprint density at radius 2 is 1.80 bits per heavy atom. The lowest BCUT2D eigenvalue weighted by Gasteiger charge is -2.26. The van der Waals surface area contributed by atoms with Crippen LogP contribution in [-0.2, 0) is 21.2 Å². The molecule has 0 unspecified atom stereocenters. The summed E-state index contributed by atoms with van der Waals surface area (Å²) in [5.41, 5.74) is 3.07. The number of carbonyl (C=O) groups is 2. The number of nitro benzene ring substituents is 1. The molecule has 4 aromatic carbocycles. The van der Waals surface area contributed by atoms with E-state index in [1.54, 1.807) is 31.4 Å². The van der Waals surface area contributed by atoms with Crippen LogP contribution in [0.4, 0.5) is 11.4 Å². The Morgan fingerprint density at radius 3 is 2.52 bits per heavy atom. The number of carbonyl (C=O) groups excluding carboxylic acids is 2. The standard InChI is InChI=1S/C36H38N4O8S2/c1-47-34-23-26(5-4-17-39-18-20-48-21-19-39)8-14-31(34)27-9-11-28(12-10-27)36(42)38-50(45,46)30-13-15-32(33(24-30)40(43)44)37-16-22-49-35-7-3-2-6-29(35)25-41/h2-3,6-15,23-25,37H,4-5,16-22H2,1H3,(H,38,42). The molecule has 0 aromatic heterocycles. The van der Waals surface area contributed by atoms with Crippen LogP contribution in [0.2, 0.25) is 0 Å². The average molecular weight is 719 g/mol. The maximum Gasteiger partial charge on any atom is 0.293 e. The number of ether oxygens (including phenoxy) is 2. The van der Waals surface area contributed by atoms with Gasteiger partial charge in [0.1, 0.15) is 11.4 Å². The van der Waals surface area contributed by atoms with Crippen molar-refractivity contribution >= 4 is 45.4 Å². The molecule has 0 atom stereocenters. The van der Waals surface area contributed by atoms with Gasteiger partial charge in [0.25, 0.3) is 21.6 Å². The molecular formula is C36H38N4O8S2. The fourth-order valence-electron chi connectivity index (χ4n) is 5.54. The lowest BCUT2D eigenvalue weighted by atomic mass is 9.99. The van der Waals surface area contributed by atoms with Crippen LogP contribution in [0.1, 0.15) is 32.7 Å². The van der Waals surface area contributed by atoms with Crippen LogP contribution < -0.4 is 14.8 Å². The molecule has 50 heavy (non-hydrogen) atoms. The van der Waals surface area contributed by atoms with Crippen LogP contribution in [0, 0.1) is 10.1 Å². The second kappa shape index (κ2) is 17.3. The third-order valence-corrected chi connectivity index (χ3v) is 10.6. The van der Waals surface area contributed by atoms with E-state index in [9.17, 15) is 28.1 Å². The van der Waals surface area contributed by atoms with E-state index >= 15 is 0 Å². The van der Waals surface area contributed by atoms with Crippen molar-refractivity contribution in [3.8, 4) is 16.9 Å². The third kappa shape index (κ3) is 9.47. The van der Waals surface area contributed by atoms with Gasteiger partial charge in [-0.1, -0.05) is 42.5 Å². The summed E-state index contributed by atoms with van der Waals surface area (Å²) in [6.07, 6.45) is 2.69. The first-order valence-electron chi connectivity index (χ1n) is 16.0. The molecule has 0 radical (unpaired) electrons. The van der Waals surface area contributed by atoms with Gasteiger partial charge in [0.05, 0.1) is 30.1 Å². The topological polar surface area (TPSA) is 157 Å². The van der Waals surface area contributed by atoms with Crippen LogP contribution in [0.5, 0.6) is 5.75 Å². The van der Waals surface area contributed by atoms with Gasteiger partial charge in [0, 0.05) is 53.0 Å². The highest BCUT2D eigenvalue weighted by molar-refractivity contribution is 7.99. The molecule has 1 aliphatic rings. The number of amides is 1. The van der Waals surface area contributed by atoms with E-state index < -0.39 is 31.4 Å². The summed E-state index contributed by atoms with van der Waals surface area (Å²) >= 11 is 1.41. The Labute approximate surface area is 295 Å². The highest BCUT2D eigenvalue weighted by Crippen LogP contribution is 2.32. The van der Waals surface area contributed by atoms with E-state index in [0.717, 1.165) is 79.6 Å². The Kier molecular flexibility index (Phi) is 12.6. The smallest absolute Gasteiger partial charge is 0.293 e. The van der Waals surface area contributed by atoms with Gasteiger partial charge in [-0.25, -0.2) is 13.1 Å². The number of morpholine rings is 1. The molecule has 262 valence electrons. The summed E-state index contributed by atoms with van der Waals surface area (Å²) < 4.78 is 39.3. The Morgan fingerprint density at radius 1 is 1.04 bits per heavy atom. The van der Waals surface area contributed by atoms with E-state index in [0.29, 0.717) is 23.6 Å². The average Bonchev–Trinajstić information content (AvgIpc) is 3.13. The molecule has 4 aromatic rings. The number of nitrogens with one attached hydrogen (secondary N) is 2. The zero-order valence-corrected chi connectivity index (χ0v) is 29.1. The Bertz CT molecular complexity index is 1930. The first-order chi connectivity index (χ1) is 24.2.